The van der Waals surface area contributed by atoms with E-state index in [1.807, 2.05) is 30.3 Å². The summed E-state index contributed by atoms with van der Waals surface area (Å²) < 4.78 is 5.20. The van der Waals surface area contributed by atoms with Gasteiger partial charge >= 0.3 is 5.97 Å². The van der Waals surface area contributed by atoms with Crippen LogP contribution in [0.5, 0.6) is 0 Å². The van der Waals surface area contributed by atoms with Gasteiger partial charge in [-0.2, -0.15) is 0 Å². The molecule has 2 rings (SSSR count). The van der Waals surface area contributed by atoms with Crippen molar-refractivity contribution in [2.24, 2.45) is 5.73 Å². The van der Waals surface area contributed by atoms with Crippen molar-refractivity contribution in [1.29, 1.82) is 5.41 Å². The fourth-order valence-corrected chi connectivity index (χ4v) is 1.76. The minimum atomic E-state index is -0.274. The normalized spacial score (nSPS) is 10.0. The van der Waals surface area contributed by atoms with Crippen molar-refractivity contribution in [2.45, 2.75) is 13.0 Å². The predicted molar refractivity (Wildman–Crippen MR) is 77.4 cm³/mol. The fraction of sp³-hybridized carbons (Fsp3) is 0.125. The summed E-state index contributed by atoms with van der Waals surface area (Å²) in [6.45, 7) is 0.283. The van der Waals surface area contributed by atoms with Gasteiger partial charge < -0.3 is 10.5 Å². The SMILES string of the molecule is N=C(N)c1ccc(CC(=O)OCc2ccccc2)cc1. The second-order valence-corrected chi connectivity index (χ2v) is 4.43. The van der Waals surface area contributed by atoms with Gasteiger partial charge in [0.05, 0.1) is 6.42 Å². The molecule has 0 fully saturated rings. The summed E-state index contributed by atoms with van der Waals surface area (Å²) in [5.74, 6) is -0.257. The smallest absolute Gasteiger partial charge is 0.310 e. The van der Waals surface area contributed by atoms with E-state index in [4.69, 9.17) is 15.9 Å². The molecule has 0 atom stereocenters. The van der Waals surface area contributed by atoms with Crippen LogP contribution < -0.4 is 5.73 Å². The van der Waals surface area contributed by atoms with Crippen molar-refractivity contribution in [3.63, 3.8) is 0 Å². The molecule has 4 heteroatoms. The van der Waals surface area contributed by atoms with Crippen molar-refractivity contribution in [1.82, 2.24) is 0 Å². The molecule has 0 aromatic heterocycles. The highest BCUT2D eigenvalue weighted by Gasteiger charge is 2.06. The van der Waals surface area contributed by atoms with Gasteiger partial charge in [0.15, 0.2) is 0 Å². The minimum Gasteiger partial charge on any atom is -0.461 e. The lowest BCUT2D eigenvalue weighted by molar-refractivity contribution is -0.144. The van der Waals surface area contributed by atoms with Crippen LogP contribution in [0.15, 0.2) is 54.6 Å². The zero-order chi connectivity index (χ0) is 14.4. The maximum atomic E-state index is 11.7. The maximum Gasteiger partial charge on any atom is 0.310 e. The summed E-state index contributed by atoms with van der Waals surface area (Å²) in [6.07, 6.45) is 0.213. The lowest BCUT2D eigenvalue weighted by atomic mass is 10.1. The van der Waals surface area contributed by atoms with E-state index < -0.39 is 0 Å². The van der Waals surface area contributed by atoms with Crippen molar-refractivity contribution in [3.8, 4) is 0 Å². The molecule has 0 bridgehead atoms. The van der Waals surface area contributed by atoms with Gasteiger partial charge in [0.1, 0.15) is 12.4 Å². The Morgan fingerprint density at radius 1 is 1.00 bits per heavy atom. The van der Waals surface area contributed by atoms with Gasteiger partial charge in [-0.15, -0.1) is 0 Å². The lowest BCUT2D eigenvalue weighted by Gasteiger charge is -2.05. The Hall–Kier alpha value is -2.62. The van der Waals surface area contributed by atoms with Crippen LogP contribution in [0.25, 0.3) is 0 Å². The molecule has 0 amide bonds. The molecule has 0 saturated carbocycles. The number of ether oxygens (including phenoxy) is 1. The molecule has 2 aromatic carbocycles. The highest BCUT2D eigenvalue weighted by atomic mass is 16.5. The van der Waals surface area contributed by atoms with E-state index in [0.29, 0.717) is 5.56 Å². The zero-order valence-electron chi connectivity index (χ0n) is 11.0. The molecule has 0 aliphatic heterocycles. The van der Waals surface area contributed by atoms with E-state index in [1.54, 1.807) is 24.3 Å². The van der Waals surface area contributed by atoms with Crippen LogP contribution in [0, 0.1) is 5.41 Å². The number of nitrogen functional groups attached to an aromatic ring is 1. The summed E-state index contributed by atoms with van der Waals surface area (Å²) in [5.41, 5.74) is 7.82. The average molecular weight is 268 g/mol. The number of carbonyl (C=O) groups is 1. The predicted octanol–water partition coefficient (Wildman–Crippen LogP) is 2.26. The number of hydrogen-bond donors (Lipinski definition) is 2. The second kappa shape index (κ2) is 6.52. The maximum absolute atomic E-state index is 11.7. The fourth-order valence-electron chi connectivity index (χ4n) is 1.76. The number of carbonyl (C=O) groups excluding carboxylic acids is 1. The number of hydrogen-bond acceptors (Lipinski definition) is 3. The molecule has 20 heavy (non-hydrogen) atoms. The quantitative estimate of drug-likeness (QED) is 0.496. The van der Waals surface area contributed by atoms with E-state index in [9.17, 15) is 4.79 Å². The number of nitrogens with two attached hydrogens (primary N) is 1. The first kappa shape index (κ1) is 13.8. The zero-order valence-corrected chi connectivity index (χ0v) is 11.0. The molecule has 0 saturated heterocycles. The third kappa shape index (κ3) is 3.95. The van der Waals surface area contributed by atoms with E-state index in [1.165, 1.54) is 0 Å². The molecule has 0 spiro atoms. The van der Waals surface area contributed by atoms with Crippen LogP contribution in [-0.2, 0) is 22.6 Å². The van der Waals surface area contributed by atoms with Crippen molar-refractivity contribution >= 4 is 11.8 Å². The van der Waals surface area contributed by atoms with E-state index >= 15 is 0 Å². The highest BCUT2D eigenvalue weighted by molar-refractivity contribution is 5.94. The van der Waals surface area contributed by atoms with Crippen LogP contribution in [0.1, 0.15) is 16.7 Å². The van der Waals surface area contributed by atoms with Crippen molar-refractivity contribution in [3.05, 3.63) is 71.3 Å². The first-order chi connectivity index (χ1) is 9.65. The number of nitrogens with one attached hydrogen (secondary N) is 1. The Balaban J connectivity index is 1.86. The van der Waals surface area contributed by atoms with Gasteiger partial charge in [0.25, 0.3) is 0 Å². The summed E-state index contributed by atoms with van der Waals surface area (Å²) >= 11 is 0. The molecule has 0 unspecified atom stereocenters. The largest absolute Gasteiger partial charge is 0.461 e. The standard InChI is InChI=1S/C16H16N2O2/c17-16(18)14-8-6-12(7-9-14)10-15(19)20-11-13-4-2-1-3-5-13/h1-9H,10-11H2,(H3,17,18). The molecule has 3 N–H and O–H groups in total. The van der Waals surface area contributed by atoms with E-state index in [2.05, 4.69) is 0 Å². The Morgan fingerprint density at radius 2 is 1.65 bits per heavy atom. The van der Waals surface area contributed by atoms with Crippen LogP contribution in [0.4, 0.5) is 0 Å². The van der Waals surface area contributed by atoms with Crippen LogP contribution in [0.2, 0.25) is 0 Å². The van der Waals surface area contributed by atoms with Crippen molar-refractivity contribution < 1.29 is 9.53 Å². The first-order valence-corrected chi connectivity index (χ1v) is 6.28. The molecule has 4 nitrogen and oxygen atoms in total. The van der Waals surface area contributed by atoms with Gasteiger partial charge in [-0.3, -0.25) is 10.2 Å². The third-order valence-corrected chi connectivity index (χ3v) is 2.86. The summed E-state index contributed by atoms with van der Waals surface area (Å²) in [5, 5.41) is 7.29. The van der Waals surface area contributed by atoms with Crippen LogP contribution in [-0.4, -0.2) is 11.8 Å². The third-order valence-electron chi connectivity index (χ3n) is 2.86. The van der Waals surface area contributed by atoms with Gasteiger partial charge in [-0.05, 0) is 11.1 Å². The molecule has 0 radical (unpaired) electrons. The lowest BCUT2D eigenvalue weighted by Crippen LogP contribution is -2.11. The Morgan fingerprint density at radius 3 is 2.25 bits per heavy atom. The monoisotopic (exact) mass is 268 g/mol. The Labute approximate surface area is 117 Å². The van der Waals surface area contributed by atoms with Crippen molar-refractivity contribution in [2.75, 3.05) is 0 Å². The van der Waals surface area contributed by atoms with E-state index in [0.717, 1.165) is 11.1 Å². The highest BCUT2D eigenvalue weighted by Crippen LogP contribution is 2.07. The summed E-state index contributed by atoms with van der Waals surface area (Å²) in [6, 6.07) is 16.6. The Kier molecular flexibility index (Phi) is 4.50. The number of rotatable bonds is 5. The second-order valence-electron chi connectivity index (χ2n) is 4.43. The number of esters is 1. The molecular formula is C16H16N2O2. The average Bonchev–Trinajstić information content (AvgIpc) is 2.47. The van der Waals surface area contributed by atoms with Gasteiger partial charge in [-0.1, -0.05) is 54.6 Å². The minimum absolute atomic E-state index is 0.0169. The molecule has 0 aliphatic rings. The number of benzene rings is 2. The Bertz CT molecular complexity index is 592. The summed E-state index contributed by atoms with van der Waals surface area (Å²) in [7, 11) is 0. The molecule has 0 heterocycles. The van der Waals surface area contributed by atoms with Crippen LogP contribution >= 0.6 is 0 Å². The first-order valence-electron chi connectivity index (χ1n) is 6.28. The summed E-state index contributed by atoms with van der Waals surface area (Å²) in [4.78, 5) is 11.7. The van der Waals surface area contributed by atoms with Crippen LogP contribution in [0.3, 0.4) is 0 Å². The van der Waals surface area contributed by atoms with Gasteiger partial charge in [0.2, 0.25) is 0 Å². The van der Waals surface area contributed by atoms with Gasteiger partial charge in [-0.25, -0.2) is 0 Å². The molecule has 0 aliphatic carbocycles. The topological polar surface area (TPSA) is 76.2 Å². The molecule has 2 aromatic rings. The number of amidine groups is 1. The van der Waals surface area contributed by atoms with E-state index in [-0.39, 0.29) is 24.8 Å². The molecular weight excluding hydrogens is 252 g/mol. The van der Waals surface area contributed by atoms with Gasteiger partial charge in [0, 0.05) is 5.56 Å². The molecule has 102 valence electrons.